The fourth-order valence-corrected chi connectivity index (χ4v) is 3.40. The van der Waals surface area contributed by atoms with E-state index in [4.69, 9.17) is 4.74 Å². The van der Waals surface area contributed by atoms with E-state index in [1.54, 1.807) is 0 Å². The van der Waals surface area contributed by atoms with Gasteiger partial charge in [-0.15, -0.1) is 0 Å². The number of hydrogen-bond donors (Lipinski definition) is 0. The predicted octanol–water partition coefficient (Wildman–Crippen LogP) is 4.47. The maximum absolute atomic E-state index is 14.4. The lowest BCUT2D eigenvalue weighted by Gasteiger charge is -2.19. The first-order valence-corrected chi connectivity index (χ1v) is 7.70. The number of benzene rings is 2. The molecule has 0 bridgehead atoms. The van der Waals surface area contributed by atoms with Crippen molar-refractivity contribution < 1.29 is 9.13 Å². The van der Waals surface area contributed by atoms with E-state index in [-0.39, 0.29) is 12.0 Å². The molecule has 0 saturated carbocycles. The van der Waals surface area contributed by atoms with E-state index in [2.05, 4.69) is 28.1 Å². The molecule has 3 heteroatoms. The van der Waals surface area contributed by atoms with Gasteiger partial charge < -0.3 is 4.74 Å². The molecule has 0 aromatic heterocycles. The largest absolute Gasteiger partial charge is 0.360 e. The highest BCUT2D eigenvalue weighted by Crippen LogP contribution is 2.41. The van der Waals surface area contributed by atoms with Crippen LogP contribution in [-0.2, 0) is 11.2 Å². The van der Waals surface area contributed by atoms with Gasteiger partial charge in [-0.1, -0.05) is 76.6 Å². The van der Waals surface area contributed by atoms with Crippen molar-refractivity contribution in [1.29, 1.82) is 0 Å². The van der Waals surface area contributed by atoms with Gasteiger partial charge in [0.25, 0.3) is 0 Å². The normalized spacial score (nSPS) is 29.5. The lowest BCUT2D eigenvalue weighted by molar-refractivity contribution is 0.0827. The highest BCUT2D eigenvalue weighted by molar-refractivity contribution is 9.09. The Morgan fingerprint density at radius 1 is 0.950 bits per heavy atom. The third-order valence-corrected chi connectivity index (χ3v) is 4.48. The highest BCUT2D eigenvalue weighted by atomic mass is 79.9. The summed E-state index contributed by atoms with van der Waals surface area (Å²) in [4.78, 5) is 0. The first-order valence-electron chi connectivity index (χ1n) is 6.78. The molecule has 0 amide bonds. The standard InChI is InChI=1S/C17H16BrFO/c18-17-16(19)15(13-9-5-2-6-10-13)14(20-17)11-12-7-3-1-4-8-12/h1-10,14-17H,11H2/i19-1. The second-order valence-electron chi connectivity index (χ2n) is 5.10. The third kappa shape index (κ3) is 2.79. The molecule has 4 unspecified atom stereocenters. The second kappa shape index (κ2) is 6.06. The average molecular weight is 334 g/mol. The van der Waals surface area contributed by atoms with Gasteiger partial charge in [0.15, 0.2) is 0 Å². The minimum atomic E-state index is -1.02. The summed E-state index contributed by atoms with van der Waals surface area (Å²) in [5.41, 5.74) is 2.18. The molecule has 2 aromatic rings. The van der Waals surface area contributed by atoms with Crippen molar-refractivity contribution in [3.05, 3.63) is 71.8 Å². The summed E-state index contributed by atoms with van der Waals surface area (Å²) in [6, 6.07) is 19.9. The summed E-state index contributed by atoms with van der Waals surface area (Å²) in [6.45, 7) is 0. The number of hydrogen-bond acceptors (Lipinski definition) is 1. The molecule has 1 heterocycles. The van der Waals surface area contributed by atoms with Gasteiger partial charge in [0, 0.05) is 5.92 Å². The van der Waals surface area contributed by atoms with Crippen LogP contribution < -0.4 is 0 Å². The third-order valence-electron chi connectivity index (χ3n) is 3.76. The van der Waals surface area contributed by atoms with Crippen LogP contribution in [0.5, 0.6) is 0 Å². The molecule has 1 saturated heterocycles. The van der Waals surface area contributed by atoms with E-state index in [0.717, 1.165) is 12.0 Å². The van der Waals surface area contributed by atoms with E-state index in [9.17, 15) is 4.39 Å². The molecule has 1 nitrogen and oxygen atoms in total. The molecule has 0 radical (unpaired) electrons. The van der Waals surface area contributed by atoms with Crippen LogP contribution in [0.3, 0.4) is 0 Å². The molecule has 4 atom stereocenters. The van der Waals surface area contributed by atoms with E-state index < -0.39 is 11.2 Å². The Morgan fingerprint density at radius 2 is 1.55 bits per heavy atom. The maximum atomic E-state index is 14.4. The van der Waals surface area contributed by atoms with E-state index >= 15 is 0 Å². The zero-order valence-electron chi connectivity index (χ0n) is 11.0. The minimum absolute atomic E-state index is 0.140. The number of ether oxygens (including phenoxy) is 1. The second-order valence-corrected chi connectivity index (χ2v) is 6.00. The predicted molar refractivity (Wildman–Crippen MR) is 81.8 cm³/mol. The number of rotatable bonds is 3. The summed E-state index contributed by atoms with van der Waals surface area (Å²) in [5, 5.41) is -0.526. The Labute approximate surface area is 126 Å². The molecule has 104 valence electrons. The average Bonchev–Trinajstić information content (AvgIpc) is 2.76. The van der Waals surface area contributed by atoms with Crippen molar-refractivity contribution in [1.82, 2.24) is 0 Å². The zero-order chi connectivity index (χ0) is 13.9. The Balaban J connectivity index is 1.85. The van der Waals surface area contributed by atoms with Crippen LogP contribution in [0.25, 0.3) is 0 Å². The Bertz CT molecular complexity index is 545. The fourth-order valence-electron chi connectivity index (χ4n) is 2.79. The quantitative estimate of drug-likeness (QED) is 0.753. The number of halogens is 2. The summed E-state index contributed by atoms with van der Waals surface area (Å²) in [5.74, 6) is -0.221. The molecule has 1 aliphatic heterocycles. The molecule has 0 spiro atoms. The monoisotopic (exact) mass is 333 g/mol. The molecule has 0 N–H and O–H groups in total. The van der Waals surface area contributed by atoms with Gasteiger partial charge in [0.05, 0.1) is 6.10 Å². The van der Waals surface area contributed by atoms with Gasteiger partial charge in [-0.3, -0.25) is 0 Å². The van der Waals surface area contributed by atoms with Gasteiger partial charge in [0.2, 0.25) is 0 Å². The van der Waals surface area contributed by atoms with Crippen LogP contribution in [0.4, 0.5) is 4.39 Å². The Kier molecular flexibility index (Phi) is 4.18. The van der Waals surface area contributed by atoms with Crippen LogP contribution in [0, 0.1) is 0 Å². The zero-order valence-corrected chi connectivity index (χ0v) is 12.5. The molecule has 1 aliphatic rings. The van der Waals surface area contributed by atoms with E-state index in [0.29, 0.717) is 0 Å². The van der Waals surface area contributed by atoms with Gasteiger partial charge >= 0.3 is 0 Å². The van der Waals surface area contributed by atoms with Gasteiger partial charge in [-0.05, 0) is 17.5 Å². The molecule has 20 heavy (non-hydrogen) atoms. The highest BCUT2D eigenvalue weighted by Gasteiger charge is 2.44. The van der Waals surface area contributed by atoms with Crippen molar-refractivity contribution in [3.63, 3.8) is 0 Å². The van der Waals surface area contributed by atoms with Crippen LogP contribution in [0.15, 0.2) is 60.7 Å². The maximum Gasteiger partial charge on any atom is 0.145 e. The van der Waals surface area contributed by atoms with E-state index in [1.807, 2.05) is 48.5 Å². The van der Waals surface area contributed by atoms with Crippen LogP contribution in [0.1, 0.15) is 17.0 Å². The van der Waals surface area contributed by atoms with Gasteiger partial charge in [-0.2, -0.15) is 0 Å². The SMILES string of the molecule is [18F]C1C(Br)OC(Cc2ccccc2)C1c1ccccc1. The smallest absolute Gasteiger partial charge is 0.145 e. The van der Waals surface area contributed by atoms with Gasteiger partial charge in [0.1, 0.15) is 11.2 Å². The van der Waals surface area contributed by atoms with Crippen LogP contribution >= 0.6 is 15.9 Å². The molecule has 0 aliphatic carbocycles. The van der Waals surface area contributed by atoms with Crippen LogP contribution in [-0.4, -0.2) is 17.3 Å². The topological polar surface area (TPSA) is 9.23 Å². The minimum Gasteiger partial charge on any atom is -0.360 e. The lowest BCUT2D eigenvalue weighted by atomic mass is 9.88. The van der Waals surface area contributed by atoms with Crippen molar-refractivity contribution >= 4 is 15.9 Å². The first-order chi connectivity index (χ1) is 9.75. The summed E-state index contributed by atoms with van der Waals surface area (Å²) < 4.78 is 20.2. The summed E-state index contributed by atoms with van der Waals surface area (Å²) in [7, 11) is 0. The van der Waals surface area contributed by atoms with Crippen molar-refractivity contribution in [3.8, 4) is 0 Å². The van der Waals surface area contributed by atoms with E-state index in [1.165, 1.54) is 5.56 Å². The molecule has 2 aromatic carbocycles. The molecular weight excluding hydrogens is 318 g/mol. The fraction of sp³-hybridized carbons (Fsp3) is 0.294. The summed E-state index contributed by atoms with van der Waals surface area (Å²) >= 11 is 3.30. The number of alkyl halides is 2. The van der Waals surface area contributed by atoms with Crippen molar-refractivity contribution in [2.24, 2.45) is 0 Å². The Hall–Kier alpha value is -1.19. The molecular formula is C17H16BrFO. The van der Waals surface area contributed by atoms with Crippen molar-refractivity contribution in [2.75, 3.05) is 0 Å². The Morgan fingerprint density at radius 3 is 2.20 bits per heavy atom. The molecule has 1 fully saturated rings. The first kappa shape index (κ1) is 13.8. The molecule has 3 rings (SSSR count). The summed E-state index contributed by atoms with van der Waals surface area (Å²) in [6.07, 6.45) is -0.437. The van der Waals surface area contributed by atoms with Crippen molar-refractivity contribution in [2.45, 2.75) is 29.6 Å². The lowest BCUT2D eigenvalue weighted by Crippen LogP contribution is -2.21. The van der Waals surface area contributed by atoms with Crippen LogP contribution in [0.2, 0.25) is 0 Å². The van der Waals surface area contributed by atoms with Gasteiger partial charge in [-0.25, -0.2) is 4.39 Å².